The molecule has 0 saturated carbocycles. The Morgan fingerprint density at radius 1 is 0.893 bits per heavy atom. The maximum absolute atomic E-state index is 12.6. The number of nitrogens with one attached hydrogen (secondary N) is 2. The van der Waals surface area contributed by atoms with Gasteiger partial charge in [0.15, 0.2) is 0 Å². The zero-order valence-electron chi connectivity index (χ0n) is 15.3. The number of aryl methyl sites for hydroxylation is 2. The summed E-state index contributed by atoms with van der Waals surface area (Å²) in [6, 6.07) is 13.4. The third-order valence-corrected chi connectivity index (χ3v) is 4.28. The Labute approximate surface area is 160 Å². The molecule has 2 N–H and O–H groups in total. The van der Waals surface area contributed by atoms with Gasteiger partial charge in [0, 0.05) is 11.3 Å². The number of amides is 1. The largest absolute Gasteiger partial charge is 0.416 e. The second-order valence-corrected chi connectivity index (χ2v) is 6.39. The van der Waals surface area contributed by atoms with E-state index in [0.29, 0.717) is 11.5 Å². The Balaban J connectivity index is 1.65. The van der Waals surface area contributed by atoms with E-state index >= 15 is 0 Å². The van der Waals surface area contributed by atoms with Crippen molar-refractivity contribution in [3.63, 3.8) is 0 Å². The van der Waals surface area contributed by atoms with Crippen LogP contribution in [0.5, 0.6) is 0 Å². The highest BCUT2D eigenvalue weighted by Gasteiger charge is 2.30. The lowest BCUT2D eigenvalue weighted by molar-refractivity contribution is -0.137. The fraction of sp³-hybridized carbons (Fsp3) is 0.143. The van der Waals surface area contributed by atoms with Gasteiger partial charge in [-0.15, -0.1) is 0 Å². The van der Waals surface area contributed by atoms with Crippen LogP contribution in [0, 0.1) is 13.8 Å². The van der Waals surface area contributed by atoms with E-state index in [9.17, 15) is 18.0 Å². The molecule has 1 heterocycles. The molecule has 0 aliphatic carbocycles. The van der Waals surface area contributed by atoms with Gasteiger partial charge in [-0.05, 0) is 73.5 Å². The van der Waals surface area contributed by atoms with Crippen molar-refractivity contribution in [3.8, 4) is 0 Å². The predicted octanol–water partition coefficient (Wildman–Crippen LogP) is 5.71. The first kappa shape index (κ1) is 19.4. The molecular formula is C21H18F3N3O. The first-order valence-corrected chi connectivity index (χ1v) is 8.51. The second-order valence-electron chi connectivity index (χ2n) is 6.39. The topological polar surface area (TPSA) is 54.0 Å². The average molecular weight is 385 g/mol. The SMILES string of the molecule is Cc1ccc(Nc2ccc(NC(=O)c3ccc(C(F)(F)F)cc3)cn2)cc1C. The first-order valence-electron chi connectivity index (χ1n) is 8.51. The molecule has 2 aromatic carbocycles. The lowest BCUT2D eigenvalue weighted by Crippen LogP contribution is -2.13. The zero-order chi connectivity index (χ0) is 20.3. The number of alkyl halides is 3. The van der Waals surface area contributed by atoms with Crippen LogP contribution in [-0.4, -0.2) is 10.9 Å². The Morgan fingerprint density at radius 2 is 1.57 bits per heavy atom. The van der Waals surface area contributed by atoms with E-state index < -0.39 is 17.6 Å². The molecule has 28 heavy (non-hydrogen) atoms. The third kappa shape index (κ3) is 4.68. The molecule has 3 aromatic rings. The smallest absolute Gasteiger partial charge is 0.340 e. The van der Waals surface area contributed by atoms with Gasteiger partial charge < -0.3 is 10.6 Å². The highest BCUT2D eigenvalue weighted by molar-refractivity contribution is 6.04. The summed E-state index contributed by atoms with van der Waals surface area (Å²) in [5, 5.41) is 5.79. The third-order valence-electron chi connectivity index (χ3n) is 4.28. The minimum Gasteiger partial charge on any atom is -0.340 e. The number of carbonyl (C=O) groups excluding carboxylic acids is 1. The Morgan fingerprint density at radius 3 is 2.14 bits per heavy atom. The molecule has 7 heteroatoms. The van der Waals surface area contributed by atoms with Crippen LogP contribution in [0.3, 0.4) is 0 Å². The lowest BCUT2D eigenvalue weighted by atomic mass is 10.1. The van der Waals surface area contributed by atoms with Crippen LogP contribution in [0.25, 0.3) is 0 Å². The van der Waals surface area contributed by atoms with Crippen molar-refractivity contribution >= 4 is 23.1 Å². The van der Waals surface area contributed by atoms with Crippen LogP contribution < -0.4 is 10.6 Å². The van der Waals surface area contributed by atoms with Gasteiger partial charge in [0.2, 0.25) is 0 Å². The Bertz CT molecular complexity index is 981. The standard InChI is InChI=1S/C21H18F3N3O/c1-13-3-8-17(11-14(13)2)26-19-10-9-18(12-25-19)27-20(28)15-4-6-16(7-5-15)21(22,23)24/h3-12H,1-2H3,(H,25,26)(H,27,28). The maximum Gasteiger partial charge on any atom is 0.416 e. The highest BCUT2D eigenvalue weighted by atomic mass is 19.4. The van der Waals surface area contributed by atoms with E-state index in [-0.39, 0.29) is 5.56 Å². The summed E-state index contributed by atoms with van der Waals surface area (Å²) in [6.07, 6.45) is -2.96. The molecule has 0 saturated heterocycles. The van der Waals surface area contributed by atoms with Crippen LogP contribution in [-0.2, 0) is 6.18 Å². The summed E-state index contributed by atoms with van der Waals surface area (Å²) < 4.78 is 37.8. The van der Waals surface area contributed by atoms with Crippen LogP contribution in [0.4, 0.5) is 30.4 Å². The zero-order valence-corrected chi connectivity index (χ0v) is 15.3. The molecule has 0 aliphatic rings. The number of anilines is 3. The van der Waals surface area contributed by atoms with Gasteiger partial charge in [-0.2, -0.15) is 13.2 Å². The maximum atomic E-state index is 12.6. The molecule has 144 valence electrons. The number of halogens is 3. The summed E-state index contributed by atoms with van der Waals surface area (Å²) in [6.45, 7) is 4.05. The van der Waals surface area contributed by atoms with Crippen LogP contribution in [0.15, 0.2) is 60.8 Å². The van der Waals surface area contributed by atoms with Gasteiger partial charge in [-0.1, -0.05) is 6.07 Å². The van der Waals surface area contributed by atoms with Crippen molar-refractivity contribution in [2.75, 3.05) is 10.6 Å². The van der Waals surface area contributed by atoms with Gasteiger partial charge in [0.25, 0.3) is 5.91 Å². The molecule has 0 atom stereocenters. The highest BCUT2D eigenvalue weighted by Crippen LogP contribution is 2.29. The molecule has 4 nitrogen and oxygen atoms in total. The monoisotopic (exact) mass is 385 g/mol. The molecule has 0 spiro atoms. The molecule has 0 aliphatic heterocycles. The van der Waals surface area contributed by atoms with Gasteiger partial charge >= 0.3 is 6.18 Å². The predicted molar refractivity (Wildman–Crippen MR) is 103 cm³/mol. The van der Waals surface area contributed by atoms with Crippen LogP contribution in [0.1, 0.15) is 27.0 Å². The number of nitrogens with zero attached hydrogens (tertiary/aromatic N) is 1. The van der Waals surface area contributed by atoms with E-state index in [1.54, 1.807) is 12.1 Å². The molecular weight excluding hydrogens is 367 g/mol. The van der Waals surface area contributed by atoms with Gasteiger partial charge in [-0.25, -0.2) is 4.98 Å². The molecule has 3 rings (SSSR count). The van der Waals surface area contributed by atoms with Crippen molar-refractivity contribution < 1.29 is 18.0 Å². The number of carbonyl (C=O) groups is 1. The average Bonchev–Trinajstić information content (AvgIpc) is 2.66. The molecule has 0 fully saturated rings. The van der Waals surface area contributed by atoms with E-state index in [4.69, 9.17) is 0 Å². The van der Waals surface area contributed by atoms with Gasteiger partial charge in [-0.3, -0.25) is 4.79 Å². The van der Waals surface area contributed by atoms with Crippen molar-refractivity contribution in [1.82, 2.24) is 4.98 Å². The fourth-order valence-electron chi connectivity index (χ4n) is 2.52. The Kier molecular flexibility index (Phi) is 5.35. The summed E-state index contributed by atoms with van der Waals surface area (Å²) in [5.74, 6) is 0.0983. The van der Waals surface area contributed by atoms with Crippen molar-refractivity contribution in [2.24, 2.45) is 0 Å². The summed E-state index contributed by atoms with van der Waals surface area (Å²) >= 11 is 0. The van der Waals surface area contributed by atoms with Crippen molar-refractivity contribution in [3.05, 3.63) is 83.0 Å². The molecule has 0 radical (unpaired) electrons. The number of benzene rings is 2. The summed E-state index contributed by atoms with van der Waals surface area (Å²) in [7, 11) is 0. The lowest BCUT2D eigenvalue weighted by Gasteiger charge is -2.10. The quantitative estimate of drug-likeness (QED) is 0.605. The molecule has 0 unspecified atom stereocenters. The number of pyridine rings is 1. The van der Waals surface area contributed by atoms with E-state index in [1.165, 1.54) is 11.8 Å². The molecule has 1 aromatic heterocycles. The summed E-state index contributed by atoms with van der Waals surface area (Å²) in [4.78, 5) is 16.4. The minimum atomic E-state index is -4.43. The number of hydrogen-bond acceptors (Lipinski definition) is 3. The number of hydrogen-bond donors (Lipinski definition) is 2. The van der Waals surface area contributed by atoms with E-state index in [1.807, 2.05) is 32.0 Å². The van der Waals surface area contributed by atoms with Gasteiger partial charge in [0.1, 0.15) is 5.82 Å². The van der Waals surface area contributed by atoms with Crippen molar-refractivity contribution in [1.29, 1.82) is 0 Å². The number of rotatable bonds is 4. The normalized spacial score (nSPS) is 11.2. The summed E-state index contributed by atoms with van der Waals surface area (Å²) in [5.41, 5.74) is 3.02. The second kappa shape index (κ2) is 7.72. The van der Waals surface area contributed by atoms with Crippen molar-refractivity contribution in [2.45, 2.75) is 20.0 Å². The molecule has 0 bridgehead atoms. The Hall–Kier alpha value is -3.35. The first-order chi connectivity index (χ1) is 13.2. The van der Waals surface area contributed by atoms with Crippen LogP contribution >= 0.6 is 0 Å². The minimum absolute atomic E-state index is 0.130. The van der Waals surface area contributed by atoms with E-state index in [0.717, 1.165) is 35.5 Å². The fourth-order valence-corrected chi connectivity index (χ4v) is 2.52. The van der Waals surface area contributed by atoms with Crippen LogP contribution in [0.2, 0.25) is 0 Å². The molecule has 1 amide bonds. The van der Waals surface area contributed by atoms with Gasteiger partial charge in [0.05, 0.1) is 17.4 Å². The van der Waals surface area contributed by atoms with E-state index in [2.05, 4.69) is 15.6 Å². The number of aromatic nitrogens is 1.